The molecule has 0 saturated heterocycles. The predicted molar refractivity (Wildman–Crippen MR) is 98.6 cm³/mol. The normalized spacial score (nSPS) is 20.5. The summed E-state index contributed by atoms with van der Waals surface area (Å²) < 4.78 is 76.9. The molecule has 0 fully saturated rings. The third-order valence-electron chi connectivity index (χ3n) is 4.98. The van der Waals surface area contributed by atoms with Crippen LogP contribution in [0.1, 0.15) is 34.5 Å². The molecule has 3 rings (SSSR count). The van der Waals surface area contributed by atoms with Crippen LogP contribution in [0, 0.1) is 11.6 Å². The number of benzene rings is 1. The Morgan fingerprint density at radius 3 is 2.60 bits per heavy atom. The molecule has 0 radical (unpaired) electrons. The van der Waals surface area contributed by atoms with E-state index in [2.05, 4.69) is 9.98 Å². The van der Waals surface area contributed by atoms with Gasteiger partial charge >= 0.3 is 0 Å². The van der Waals surface area contributed by atoms with E-state index in [0.717, 1.165) is 6.07 Å². The Bertz CT molecular complexity index is 995. The molecule has 5 nitrogen and oxygen atoms in total. The average Bonchev–Trinajstić information content (AvgIpc) is 2.72. The number of carbonyl (C=O) groups excluding carboxylic acids is 1. The number of halogens is 5. The van der Waals surface area contributed by atoms with Crippen LogP contribution < -0.4 is 10.5 Å². The summed E-state index contributed by atoms with van der Waals surface area (Å²) in [5.74, 6) is -7.44. The minimum Gasteiger partial charge on any atom is -0.495 e. The van der Waals surface area contributed by atoms with E-state index in [1.807, 2.05) is 0 Å². The van der Waals surface area contributed by atoms with Gasteiger partial charge in [-0.1, -0.05) is 0 Å². The smallest absolute Gasteiger partial charge is 0.280 e. The van der Waals surface area contributed by atoms with Crippen molar-refractivity contribution in [1.29, 1.82) is 0 Å². The average molecular weight is 427 g/mol. The van der Waals surface area contributed by atoms with E-state index in [9.17, 15) is 26.7 Å². The number of hydrogen-bond acceptors (Lipinski definition) is 5. The van der Waals surface area contributed by atoms with Gasteiger partial charge in [0, 0.05) is 24.8 Å². The summed E-state index contributed by atoms with van der Waals surface area (Å²) in [6, 6.07) is 4.37. The molecule has 1 aliphatic heterocycles. The molecule has 0 saturated carbocycles. The van der Waals surface area contributed by atoms with Gasteiger partial charge in [0.05, 0.1) is 19.1 Å². The zero-order chi connectivity index (χ0) is 22.1. The fourth-order valence-electron chi connectivity index (χ4n) is 3.32. The van der Waals surface area contributed by atoms with E-state index < -0.39 is 54.0 Å². The predicted octanol–water partition coefficient (Wildman–Crippen LogP) is 3.74. The van der Waals surface area contributed by atoms with E-state index in [0.29, 0.717) is 11.8 Å². The molecule has 2 heterocycles. The van der Waals surface area contributed by atoms with Gasteiger partial charge in [0.2, 0.25) is 0 Å². The van der Waals surface area contributed by atoms with Crippen LogP contribution in [0.15, 0.2) is 35.5 Å². The molecule has 2 N–H and O–H groups in total. The second kappa shape index (κ2) is 8.00. The van der Waals surface area contributed by atoms with Crippen molar-refractivity contribution in [1.82, 2.24) is 4.98 Å². The highest BCUT2D eigenvalue weighted by atomic mass is 19.3. The number of carbonyl (C=O) groups is 1. The number of alkyl halides is 3. The summed E-state index contributed by atoms with van der Waals surface area (Å²) in [5, 5.41) is 0. The molecule has 0 amide bonds. The van der Waals surface area contributed by atoms with E-state index in [1.54, 1.807) is 0 Å². The fraction of sp³-hybridized carbons (Fsp3) is 0.350. The molecule has 1 aliphatic rings. The number of rotatable bonds is 6. The molecule has 0 spiro atoms. The Hall–Kier alpha value is -3.04. The highest BCUT2D eigenvalue weighted by Crippen LogP contribution is 2.48. The van der Waals surface area contributed by atoms with Gasteiger partial charge in [-0.2, -0.15) is 0 Å². The first-order valence-electron chi connectivity index (χ1n) is 8.93. The number of Topliss-reactive ketones (excluding diaryl/α,β-unsaturated/α-hetero) is 1. The molecule has 0 unspecified atom stereocenters. The van der Waals surface area contributed by atoms with Gasteiger partial charge in [-0.25, -0.2) is 26.9 Å². The Balaban J connectivity index is 2.03. The Kier molecular flexibility index (Phi) is 5.78. The number of amidine groups is 1. The van der Waals surface area contributed by atoms with Crippen LogP contribution in [-0.4, -0.2) is 36.3 Å². The van der Waals surface area contributed by atoms with Gasteiger partial charge in [0.15, 0.2) is 23.0 Å². The molecule has 160 valence electrons. The second-order valence-electron chi connectivity index (χ2n) is 6.92. The van der Waals surface area contributed by atoms with Crippen LogP contribution in [0.3, 0.4) is 0 Å². The van der Waals surface area contributed by atoms with E-state index in [1.165, 1.54) is 25.4 Å². The summed E-state index contributed by atoms with van der Waals surface area (Å²) in [5.41, 5.74) is 1.40. The molecule has 30 heavy (non-hydrogen) atoms. The maximum Gasteiger partial charge on any atom is 0.280 e. The lowest BCUT2D eigenvalue weighted by molar-refractivity contribution is -0.0961. The highest BCUT2D eigenvalue weighted by Gasteiger charge is 2.58. The number of aromatic nitrogens is 1. The second-order valence-corrected chi connectivity index (χ2v) is 6.92. The number of nitrogens with zero attached hydrogens (tertiary/aromatic N) is 2. The first-order chi connectivity index (χ1) is 14.1. The zero-order valence-corrected chi connectivity index (χ0v) is 15.9. The Morgan fingerprint density at radius 2 is 2.00 bits per heavy atom. The van der Waals surface area contributed by atoms with E-state index >= 15 is 0 Å². The first-order valence-corrected chi connectivity index (χ1v) is 8.93. The van der Waals surface area contributed by atoms with Crippen molar-refractivity contribution in [3.8, 4) is 5.75 Å². The number of pyridine rings is 1. The molecule has 1 atom stereocenters. The van der Waals surface area contributed by atoms with E-state index in [4.69, 9.17) is 10.5 Å². The minimum atomic E-state index is -3.81. The highest BCUT2D eigenvalue weighted by molar-refractivity contribution is 5.95. The summed E-state index contributed by atoms with van der Waals surface area (Å²) in [7, 11) is 1.41. The molecular weight excluding hydrogens is 409 g/mol. The number of ketones is 1. The summed E-state index contributed by atoms with van der Waals surface area (Å²) in [6.45, 7) is -1.80. The van der Waals surface area contributed by atoms with Crippen LogP contribution in [0.5, 0.6) is 5.75 Å². The van der Waals surface area contributed by atoms with Gasteiger partial charge in [-0.05, 0) is 29.8 Å². The van der Waals surface area contributed by atoms with Crippen LogP contribution in [0.25, 0.3) is 0 Å². The molecule has 2 aromatic rings. The first kappa shape index (κ1) is 21.7. The lowest BCUT2D eigenvalue weighted by Crippen LogP contribution is -2.51. The van der Waals surface area contributed by atoms with Gasteiger partial charge in [-0.3, -0.25) is 9.79 Å². The van der Waals surface area contributed by atoms with Crippen LogP contribution in [-0.2, 0) is 12.0 Å². The lowest BCUT2D eigenvalue weighted by Gasteiger charge is -2.39. The van der Waals surface area contributed by atoms with Gasteiger partial charge in [0.25, 0.3) is 5.92 Å². The zero-order valence-electron chi connectivity index (χ0n) is 15.9. The quantitative estimate of drug-likeness (QED) is 0.563. The summed E-state index contributed by atoms with van der Waals surface area (Å²) in [4.78, 5) is 19.8. The Morgan fingerprint density at radius 1 is 1.27 bits per heavy atom. The maximum absolute atomic E-state index is 14.6. The third-order valence-corrected chi connectivity index (χ3v) is 4.98. The minimum absolute atomic E-state index is 0.00699. The maximum atomic E-state index is 14.6. The SMILES string of the molecule is COc1ccc(C(=O)Cc2cc(F)c(F)c([C@@]3(CF)N=C(N)CCC3(F)F)c2)nc1. The van der Waals surface area contributed by atoms with Crippen LogP contribution >= 0.6 is 0 Å². The number of aliphatic imine (C=N–C) groups is 1. The summed E-state index contributed by atoms with van der Waals surface area (Å²) >= 11 is 0. The number of methoxy groups -OCH3 is 1. The van der Waals surface area contributed by atoms with Crippen molar-refractivity contribution < 1.29 is 31.5 Å². The molecule has 0 aliphatic carbocycles. The van der Waals surface area contributed by atoms with Crippen molar-refractivity contribution in [2.75, 3.05) is 13.8 Å². The van der Waals surface area contributed by atoms with Gasteiger partial charge in [0.1, 0.15) is 18.1 Å². The van der Waals surface area contributed by atoms with Crippen molar-refractivity contribution >= 4 is 11.6 Å². The van der Waals surface area contributed by atoms with Crippen LogP contribution in [0.4, 0.5) is 22.0 Å². The number of hydrogen-bond donors (Lipinski definition) is 1. The van der Waals surface area contributed by atoms with Crippen molar-refractivity contribution in [2.24, 2.45) is 10.7 Å². The van der Waals surface area contributed by atoms with E-state index in [-0.39, 0.29) is 23.5 Å². The van der Waals surface area contributed by atoms with Crippen LogP contribution in [0.2, 0.25) is 0 Å². The van der Waals surface area contributed by atoms with Gasteiger partial charge in [-0.15, -0.1) is 0 Å². The largest absolute Gasteiger partial charge is 0.495 e. The Labute approximate surface area is 168 Å². The molecule has 0 bridgehead atoms. The molecule has 1 aromatic heterocycles. The third kappa shape index (κ3) is 3.73. The molecule has 10 heteroatoms. The van der Waals surface area contributed by atoms with Gasteiger partial charge < -0.3 is 10.5 Å². The standard InChI is InChI=1S/C20H18F5N3O2/c1-30-12-2-3-15(27-9-12)16(29)8-11-6-13(18(23)14(22)7-11)19(10-21)20(24,25)5-4-17(26)28-19/h2-3,6-7,9H,4-5,8,10H2,1H3,(H2,26,28)/t19-/m1/s1. The molecular formula is C20H18F5N3O2. The summed E-state index contributed by atoms with van der Waals surface area (Å²) in [6.07, 6.45) is -0.356. The molecule has 1 aromatic carbocycles. The van der Waals surface area contributed by atoms with Crippen molar-refractivity contribution in [2.45, 2.75) is 30.7 Å². The van der Waals surface area contributed by atoms with Crippen molar-refractivity contribution in [3.63, 3.8) is 0 Å². The fourth-order valence-corrected chi connectivity index (χ4v) is 3.32. The number of ether oxygens (including phenoxy) is 1. The lowest BCUT2D eigenvalue weighted by atomic mass is 9.79. The number of nitrogens with two attached hydrogens (primary N) is 1. The monoisotopic (exact) mass is 427 g/mol. The van der Waals surface area contributed by atoms with Crippen molar-refractivity contribution in [3.05, 3.63) is 58.9 Å². The topological polar surface area (TPSA) is 77.6 Å².